The Morgan fingerprint density at radius 1 is 1.31 bits per heavy atom. The highest BCUT2D eigenvalue weighted by atomic mass is 35.5. The third kappa shape index (κ3) is 2.69. The van der Waals surface area contributed by atoms with Gasteiger partial charge in [-0.25, -0.2) is 8.78 Å². The van der Waals surface area contributed by atoms with Crippen LogP contribution >= 0.6 is 11.6 Å². The Morgan fingerprint density at radius 2 is 1.94 bits per heavy atom. The van der Waals surface area contributed by atoms with Crippen LogP contribution in [0.3, 0.4) is 0 Å². The fraction of sp³-hybridized carbons (Fsp3) is 0. The molecule has 0 saturated carbocycles. The van der Waals surface area contributed by atoms with Gasteiger partial charge >= 0.3 is 0 Å². The quantitative estimate of drug-likeness (QED) is 0.638. The van der Waals surface area contributed by atoms with Crippen LogP contribution in [0.5, 0.6) is 0 Å². The summed E-state index contributed by atoms with van der Waals surface area (Å²) in [4.78, 5) is 0. The number of allylic oxidation sites excluding steroid dienone is 1. The summed E-state index contributed by atoms with van der Waals surface area (Å²) < 4.78 is 25.7. The first-order chi connectivity index (χ1) is 7.58. The maximum Gasteiger partial charge on any atom is 0.177 e. The third-order valence-electron chi connectivity index (χ3n) is 1.61. The van der Waals surface area contributed by atoms with Gasteiger partial charge in [0.15, 0.2) is 11.6 Å². The van der Waals surface area contributed by atoms with Gasteiger partial charge in [0.1, 0.15) is 17.7 Å². The lowest BCUT2D eigenvalue weighted by atomic mass is 10.3. The Bertz CT molecular complexity index is 487. The Labute approximate surface area is 95.2 Å². The molecule has 0 aliphatic carbocycles. The van der Waals surface area contributed by atoms with Gasteiger partial charge < -0.3 is 5.32 Å². The predicted octanol–water partition coefficient (Wildman–Crippen LogP) is 2.96. The molecule has 6 heteroatoms. The Kier molecular flexibility index (Phi) is 3.82. The molecule has 3 nitrogen and oxygen atoms in total. The average molecular weight is 240 g/mol. The lowest BCUT2D eigenvalue weighted by Gasteiger charge is -2.02. The molecule has 1 aromatic rings. The van der Waals surface area contributed by atoms with E-state index < -0.39 is 11.6 Å². The van der Waals surface area contributed by atoms with Crippen LogP contribution in [0.4, 0.5) is 14.5 Å². The van der Waals surface area contributed by atoms with Crippen molar-refractivity contribution in [3.05, 3.63) is 40.6 Å². The minimum absolute atomic E-state index is 0.145. The van der Waals surface area contributed by atoms with Gasteiger partial charge in [0.2, 0.25) is 0 Å². The van der Waals surface area contributed by atoms with E-state index in [-0.39, 0.29) is 16.3 Å². The molecule has 80 valence electrons. The molecule has 0 heterocycles. The lowest BCUT2D eigenvalue weighted by molar-refractivity contribution is 0.509. The Hall–Kier alpha value is -2.11. The number of rotatable bonds is 2. The van der Waals surface area contributed by atoms with Crippen molar-refractivity contribution in [1.82, 2.24) is 0 Å². The van der Waals surface area contributed by atoms with Crippen molar-refractivity contribution < 1.29 is 8.78 Å². The van der Waals surface area contributed by atoms with Crippen LogP contribution in [-0.4, -0.2) is 0 Å². The van der Waals surface area contributed by atoms with Crippen molar-refractivity contribution in [3.8, 4) is 12.1 Å². The fourth-order valence-electron chi connectivity index (χ4n) is 0.884. The molecule has 0 aliphatic rings. The second-order valence-electron chi connectivity index (χ2n) is 2.68. The first-order valence-corrected chi connectivity index (χ1v) is 4.37. The molecule has 0 bridgehead atoms. The standard InChI is InChI=1S/C10H4ClF2N3/c11-8-1-7(2-9(12)10(8)13)16-5-6(3-14)4-15/h1-2,5,16H. The molecular weight excluding hydrogens is 236 g/mol. The maximum absolute atomic E-state index is 12.9. The SMILES string of the molecule is N#CC(C#N)=CNc1cc(F)c(F)c(Cl)c1. The molecule has 0 unspecified atom stereocenters. The number of halogens is 3. The molecule has 0 atom stereocenters. The highest BCUT2D eigenvalue weighted by Gasteiger charge is 2.08. The van der Waals surface area contributed by atoms with Crippen LogP contribution in [0.1, 0.15) is 0 Å². The molecule has 0 spiro atoms. The van der Waals surface area contributed by atoms with Crippen molar-refractivity contribution in [1.29, 1.82) is 10.5 Å². The molecule has 0 radical (unpaired) electrons. The van der Waals surface area contributed by atoms with Crippen molar-refractivity contribution in [2.75, 3.05) is 5.32 Å². The minimum Gasteiger partial charge on any atom is -0.360 e. The van der Waals surface area contributed by atoms with Crippen LogP contribution in [0.2, 0.25) is 5.02 Å². The first kappa shape index (κ1) is 12.0. The van der Waals surface area contributed by atoms with Gasteiger partial charge in [-0.15, -0.1) is 0 Å². The van der Waals surface area contributed by atoms with E-state index in [2.05, 4.69) is 5.32 Å². The lowest BCUT2D eigenvalue weighted by Crippen LogP contribution is -1.93. The third-order valence-corrected chi connectivity index (χ3v) is 1.88. The van der Waals surface area contributed by atoms with E-state index in [1.165, 1.54) is 0 Å². The van der Waals surface area contributed by atoms with Crippen LogP contribution in [0.25, 0.3) is 0 Å². The topological polar surface area (TPSA) is 59.6 Å². The number of hydrogen-bond acceptors (Lipinski definition) is 3. The molecule has 0 saturated heterocycles. The summed E-state index contributed by atoms with van der Waals surface area (Å²) >= 11 is 5.40. The summed E-state index contributed by atoms with van der Waals surface area (Å²) in [7, 11) is 0. The number of hydrogen-bond donors (Lipinski definition) is 1. The summed E-state index contributed by atoms with van der Waals surface area (Å²) in [6, 6.07) is 5.21. The highest BCUT2D eigenvalue weighted by molar-refractivity contribution is 6.31. The number of anilines is 1. The van der Waals surface area contributed by atoms with Gasteiger partial charge in [0.05, 0.1) is 5.02 Å². The van der Waals surface area contributed by atoms with Crippen LogP contribution < -0.4 is 5.32 Å². The summed E-state index contributed by atoms with van der Waals surface area (Å²) in [5.74, 6) is -2.25. The van der Waals surface area contributed by atoms with Gasteiger partial charge in [0.25, 0.3) is 0 Å². The zero-order valence-electron chi connectivity index (χ0n) is 7.76. The summed E-state index contributed by atoms with van der Waals surface area (Å²) in [5, 5.41) is 18.9. The largest absolute Gasteiger partial charge is 0.360 e. The van der Waals surface area contributed by atoms with Gasteiger partial charge in [-0.2, -0.15) is 10.5 Å². The molecule has 16 heavy (non-hydrogen) atoms. The van der Waals surface area contributed by atoms with Crippen molar-refractivity contribution in [2.24, 2.45) is 0 Å². The molecular formula is C10H4ClF2N3. The summed E-state index contributed by atoms with van der Waals surface area (Å²) in [6.45, 7) is 0. The predicted molar refractivity (Wildman–Crippen MR) is 54.3 cm³/mol. The molecule has 1 aromatic carbocycles. The second-order valence-corrected chi connectivity index (χ2v) is 3.09. The number of benzene rings is 1. The van der Waals surface area contributed by atoms with Gasteiger partial charge in [-0.1, -0.05) is 11.6 Å². The van der Waals surface area contributed by atoms with Gasteiger partial charge in [0, 0.05) is 18.0 Å². The minimum atomic E-state index is -1.14. The van der Waals surface area contributed by atoms with E-state index in [1.54, 1.807) is 12.1 Å². The van der Waals surface area contributed by atoms with Gasteiger partial charge in [-0.3, -0.25) is 0 Å². The first-order valence-electron chi connectivity index (χ1n) is 4.00. The van der Waals surface area contributed by atoms with Crippen molar-refractivity contribution in [3.63, 3.8) is 0 Å². The molecule has 1 N–H and O–H groups in total. The van der Waals surface area contributed by atoms with E-state index in [0.717, 1.165) is 18.3 Å². The molecule has 0 fully saturated rings. The van der Waals surface area contributed by atoms with Crippen LogP contribution in [0.15, 0.2) is 23.9 Å². The zero-order valence-corrected chi connectivity index (χ0v) is 8.52. The van der Waals surface area contributed by atoms with Crippen LogP contribution in [0, 0.1) is 34.3 Å². The van der Waals surface area contributed by atoms with E-state index >= 15 is 0 Å². The second kappa shape index (κ2) is 5.11. The number of nitriles is 2. The zero-order chi connectivity index (χ0) is 12.1. The van der Waals surface area contributed by atoms with Gasteiger partial charge in [-0.05, 0) is 6.07 Å². The smallest absolute Gasteiger partial charge is 0.177 e. The summed E-state index contributed by atoms with van der Waals surface area (Å²) in [5.41, 5.74) is -0.0484. The van der Waals surface area contributed by atoms with E-state index in [1.807, 2.05) is 0 Å². The normalized spacial score (nSPS) is 8.81. The van der Waals surface area contributed by atoms with Crippen LogP contribution in [-0.2, 0) is 0 Å². The monoisotopic (exact) mass is 239 g/mol. The molecule has 0 amide bonds. The molecule has 1 rings (SSSR count). The fourth-order valence-corrected chi connectivity index (χ4v) is 1.09. The number of nitrogens with zero attached hydrogens (tertiary/aromatic N) is 2. The average Bonchev–Trinajstić information content (AvgIpc) is 2.27. The highest BCUT2D eigenvalue weighted by Crippen LogP contribution is 2.22. The molecule has 0 aromatic heterocycles. The Morgan fingerprint density at radius 3 is 2.44 bits per heavy atom. The van der Waals surface area contributed by atoms with E-state index in [9.17, 15) is 8.78 Å². The molecule has 0 aliphatic heterocycles. The Balaban J connectivity index is 2.98. The maximum atomic E-state index is 12.9. The number of nitrogens with one attached hydrogen (secondary N) is 1. The van der Waals surface area contributed by atoms with E-state index in [4.69, 9.17) is 22.1 Å². The summed E-state index contributed by atoms with van der Waals surface area (Å²) in [6.07, 6.45) is 1.07. The van der Waals surface area contributed by atoms with E-state index in [0.29, 0.717) is 0 Å². The van der Waals surface area contributed by atoms with Crippen molar-refractivity contribution >= 4 is 17.3 Å². The van der Waals surface area contributed by atoms with Crippen molar-refractivity contribution in [2.45, 2.75) is 0 Å².